The lowest BCUT2D eigenvalue weighted by atomic mass is 9.83. The first-order chi connectivity index (χ1) is 13.5. The molecule has 0 bridgehead atoms. The van der Waals surface area contributed by atoms with Crippen LogP contribution in [0.3, 0.4) is 0 Å². The molecule has 1 aliphatic rings. The topological polar surface area (TPSA) is 88.4 Å². The molecule has 1 aromatic carbocycles. The van der Waals surface area contributed by atoms with Crippen LogP contribution in [-0.4, -0.2) is 31.1 Å². The summed E-state index contributed by atoms with van der Waals surface area (Å²) in [7, 11) is 1.46. The van der Waals surface area contributed by atoms with E-state index in [-0.39, 0.29) is 11.5 Å². The molecule has 2 aromatic rings. The number of halogens is 1. The van der Waals surface area contributed by atoms with Crippen molar-refractivity contribution in [1.29, 1.82) is 5.26 Å². The molecule has 0 atom stereocenters. The number of fused-ring (bicyclic) bond motifs is 1. The molecule has 1 aromatic heterocycles. The van der Waals surface area contributed by atoms with Gasteiger partial charge < -0.3 is 14.8 Å². The molecule has 3 rings (SSSR count). The van der Waals surface area contributed by atoms with Gasteiger partial charge >= 0.3 is 5.97 Å². The van der Waals surface area contributed by atoms with Crippen LogP contribution in [0.2, 0.25) is 0 Å². The van der Waals surface area contributed by atoms with Gasteiger partial charge in [-0.2, -0.15) is 5.26 Å². The Bertz CT molecular complexity index is 928. The van der Waals surface area contributed by atoms with Crippen molar-refractivity contribution in [2.24, 2.45) is 0 Å². The smallest absolute Gasteiger partial charge is 0.349 e. The Labute approximate surface area is 166 Å². The van der Waals surface area contributed by atoms with Gasteiger partial charge in [0.05, 0.1) is 12.7 Å². The Morgan fingerprint density at radius 3 is 2.75 bits per heavy atom. The standard InChI is InChI=1S/C20H21FN2O4S/c1-26-10-13-17-14(21)6-5-7-15(17)28-18(13)19(25)27-11-16(24)23-20(12-22)8-3-2-4-9-20/h5-7H,2-4,8-11H2,1H3,(H,23,24). The molecule has 1 heterocycles. The minimum absolute atomic E-state index is 0.0507. The number of nitrogens with one attached hydrogen (secondary N) is 1. The van der Waals surface area contributed by atoms with E-state index in [0.29, 0.717) is 28.5 Å². The van der Waals surface area contributed by atoms with Gasteiger partial charge in [0.25, 0.3) is 5.91 Å². The predicted molar refractivity (Wildman–Crippen MR) is 102 cm³/mol. The number of hydrogen-bond donors (Lipinski definition) is 1. The van der Waals surface area contributed by atoms with Crippen LogP contribution >= 0.6 is 11.3 Å². The number of ether oxygens (including phenoxy) is 2. The molecule has 0 unspecified atom stereocenters. The molecule has 0 saturated heterocycles. The lowest BCUT2D eigenvalue weighted by Gasteiger charge is -2.31. The van der Waals surface area contributed by atoms with Gasteiger partial charge in [-0.1, -0.05) is 25.3 Å². The number of amides is 1. The van der Waals surface area contributed by atoms with Crippen LogP contribution in [0, 0.1) is 17.1 Å². The Morgan fingerprint density at radius 1 is 1.32 bits per heavy atom. The zero-order valence-electron chi connectivity index (χ0n) is 15.5. The third-order valence-electron chi connectivity index (χ3n) is 4.87. The average molecular weight is 404 g/mol. The Hall–Kier alpha value is -2.50. The molecule has 1 fully saturated rings. The van der Waals surface area contributed by atoms with Gasteiger partial charge in [-0.15, -0.1) is 11.3 Å². The fourth-order valence-corrected chi connectivity index (χ4v) is 4.65. The third-order valence-corrected chi connectivity index (χ3v) is 6.05. The van der Waals surface area contributed by atoms with E-state index in [2.05, 4.69) is 11.4 Å². The van der Waals surface area contributed by atoms with E-state index < -0.39 is 29.8 Å². The van der Waals surface area contributed by atoms with Crippen molar-refractivity contribution in [1.82, 2.24) is 5.32 Å². The fraction of sp³-hybridized carbons (Fsp3) is 0.450. The number of carbonyl (C=O) groups excluding carboxylic acids is 2. The molecule has 1 saturated carbocycles. The lowest BCUT2D eigenvalue weighted by Crippen LogP contribution is -2.50. The highest BCUT2D eigenvalue weighted by molar-refractivity contribution is 7.21. The maximum absolute atomic E-state index is 14.2. The number of carbonyl (C=O) groups is 2. The van der Waals surface area contributed by atoms with Gasteiger partial charge in [0.2, 0.25) is 0 Å². The zero-order chi connectivity index (χ0) is 20.1. The van der Waals surface area contributed by atoms with Gasteiger partial charge in [-0.05, 0) is 25.0 Å². The van der Waals surface area contributed by atoms with E-state index in [1.165, 1.54) is 13.2 Å². The summed E-state index contributed by atoms with van der Waals surface area (Å²) in [5.41, 5.74) is -0.476. The number of benzene rings is 1. The van der Waals surface area contributed by atoms with E-state index in [4.69, 9.17) is 9.47 Å². The first-order valence-corrected chi connectivity index (χ1v) is 9.89. The van der Waals surface area contributed by atoms with Crippen LogP contribution in [-0.2, 0) is 20.9 Å². The van der Waals surface area contributed by atoms with Crippen LogP contribution in [0.1, 0.15) is 47.3 Å². The summed E-state index contributed by atoms with van der Waals surface area (Å²) in [4.78, 5) is 25.0. The number of nitrogens with zero attached hydrogens (tertiary/aromatic N) is 1. The molecule has 1 N–H and O–H groups in total. The molecule has 0 radical (unpaired) electrons. The van der Waals surface area contributed by atoms with Crippen LogP contribution < -0.4 is 5.32 Å². The molecule has 0 spiro atoms. The van der Waals surface area contributed by atoms with Crippen molar-refractivity contribution in [3.8, 4) is 6.07 Å². The van der Waals surface area contributed by atoms with E-state index >= 15 is 0 Å². The lowest BCUT2D eigenvalue weighted by molar-refractivity contribution is -0.125. The van der Waals surface area contributed by atoms with Crippen LogP contribution in [0.15, 0.2) is 18.2 Å². The summed E-state index contributed by atoms with van der Waals surface area (Å²) in [6.07, 6.45) is 3.98. The Balaban J connectivity index is 1.71. The van der Waals surface area contributed by atoms with E-state index in [0.717, 1.165) is 30.6 Å². The molecule has 28 heavy (non-hydrogen) atoms. The second-order valence-corrected chi connectivity index (χ2v) is 7.89. The van der Waals surface area contributed by atoms with E-state index in [1.54, 1.807) is 12.1 Å². The van der Waals surface area contributed by atoms with Crippen LogP contribution in [0.25, 0.3) is 10.1 Å². The van der Waals surface area contributed by atoms with E-state index in [9.17, 15) is 19.2 Å². The molecule has 0 aliphatic heterocycles. The Morgan fingerprint density at radius 2 is 2.07 bits per heavy atom. The molecule has 1 aliphatic carbocycles. The summed E-state index contributed by atoms with van der Waals surface area (Å²) in [6, 6.07) is 6.79. The number of nitriles is 1. The maximum atomic E-state index is 14.2. The molecule has 6 nitrogen and oxygen atoms in total. The summed E-state index contributed by atoms with van der Waals surface area (Å²) in [5.74, 6) is -1.67. The van der Waals surface area contributed by atoms with Crippen molar-refractivity contribution in [3.05, 3.63) is 34.5 Å². The van der Waals surface area contributed by atoms with Crippen molar-refractivity contribution in [3.63, 3.8) is 0 Å². The fourth-order valence-electron chi connectivity index (χ4n) is 3.53. The highest BCUT2D eigenvalue weighted by atomic mass is 32.1. The van der Waals surface area contributed by atoms with Gasteiger partial charge in [0.1, 0.15) is 16.2 Å². The highest BCUT2D eigenvalue weighted by Crippen LogP contribution is 2.34. The van der Waals surface area contributed by atoms with Crippen LogP contribution in [0.5, 0.6) is 0 Å². The highest BCUT2D eigenvalue weighted by Gasteiger charge is 2.34. The van der Waals surface area contributed by atoms with Crippen molar-refractivity contribution in [2.75, 3.05) is 13.7 Å². The van der Waals surface area contributed by atoms with Crippen molar-refractivity contribution in [2.45, 2.75) is 44.2 Å². The summed E-state index contributed by atoms with van der Waals surface area (Å²) >= 11 is 1.10. The zero-order valence-corrected chi connectivity index (χ0v) is 16.4. The minimum Gasteiger partial charge on any atom is -0.451 e. The number of hydrogen-bond acceptors (Lipinski definition) is 6. The second-order valence-electron chi connectivity index (χ2n) is 6.83. The summed E-state index contributed by atoms with van der Waals surface area (Å²) in [5, 5.41) is 12.5. The second kappa shape index (κ2) is 8.67. The quantitative estimate of drug-likeness (QED) is 0.742. The molecule has 8 heteroatoms. The average Bonchev–Trinajstić information content (AvgIpc) is 3.07. The number of methoxy groups -OCH3 is 1. The van der Waals surface area contributed by atoms with E-state index in [1.807, 2.05) is 0 Å². The first kappa shape index (κ1) is 20.2. The minimum atomic E-state index is -0.885. The summed E-state index contributed by atoms with van der Waals surface area (Å²) in [6.45, 7) is -0.444. The van der Waals surface area contributed by atoms with Crippen LogP contribution in [0.4, 0.5) is 4.39 Å². The number of esters is 1. The largest absolute Gasteiger partial charge is 0.451 e. The number of rotatable bonds is 6. The molecular weight excluding hydrogens is 383 g/mol. The van der Waals surface area contributed by atoms with Crippen molar-refractivity contribution >= 4 is 33.3 Å². The molecular formula is C20H21FN2O4S. The first-order valence-electron chi connectivity index (χ1n) is 9.08. The SMILES string of the molecule is COCc1c(C(=O)OCC(=O)NC2(C#N)CCCCC2)sc2cccc(F)c12. The summed E-state index contributed by atoms with van der Waals surface area (Å²) < 4.78 is 25.1. The van der Waals surface area contributed by atoms with Crippen molar-refractivity contribution < 1.29 is 23.5 Å². The maximum Gasteiger partial charge on any atom is 0.349 e. The third kappa shape index (κ3) is 4.16. The van der Waals surface area contributed by atoms with Gasteiger partial charge in [-0.3, -0.25) is 4.79 Å². The van der Waals surface area contributed by atoms with Gasteiger partial charge in [-0.25, -0.2) is 9.18 Å². The molecule has 1 amide bonds. The molecule has 148 valence electrons. The van der Waals surface area contributed by atoms with Gasteiger partial charge in [0, 0.05) is 22.8 Å². The van der Waals surface area contributed by atoms with Gasteiger partial charge in [0.15, 0.2) is 6.61 Å². The number of thiophene rings is 1. The Kier molecular flexibility index (Phi) is 6.27. The predicted octanol–water partition coefficient (Wildman–Crippen LogP) is 3.69. The monoisotopic (exact) mass is 404 g/mol. The normalized spacial score (nSPS) is 15.8.